The second-order valence-corrected chi connectivity index (χ2v) is 6.74. The lowest BCUT2D eigenvalue weighted by molar-refractivity contribution is -0.125. The predicted molar refractivity (Wildman–Crippen MR) is 93.5 cm³/mol. The van der Waals surface area contributed by atoms with Gasteiger partial charge in [0.05, 0.1) is 23.9 Å². The van der Waals surface area contributed by atoms with Gasteiger partial charge in [-0.1, -0.05) is 37.1 Å². The van der Waals surface area contributed by atoms with Crippen LogP contribution in [0.15, 0.2) is 29.5 Å². The second kappa shape index (κ2) is 6.30. The number of benzene rings is 1. The van der Waals surface area contributed by atoms with E-state index >= 15 is 0 Å². The summed E-state index contributed by atoms with van der Waals surface area (Å²) in [6.07, 6.45) is 2.02. The smallest absolute Gasteiger partial charge is 0.322 e. The number of rotatable bonds is 4. The van der Waals surface area contributed by atoms with Gasteiger partial charge in [-0.15, -0.1) is 0 Å². The van der Waals surface area contributed by atoms with Gasteiger partial charge >= 0.3 is 6.03 Å². The summed E-state index contributed by atoms with van der Waals surface area (Å²) >= 11 is 0. The number of hydrogen-bond acceptors (Lipinski definition) is 2. The molecule has 2 heterocycles. The van der Waals surface area contributed by atoms with Gasteiger partial charge in [-0.05, 0) is 31.4 Å². The summed E-state index contributed by atoms with van der Waals surface area (Å²) in [5, 5.41) is 3.00. The third-order valence-electron chi connectivity index (χ3n) is 4.95. The lowest BCUT2D eigenvalue weighted by Gasteiger charge is -2.31. The average Bonchev–Trinajstić information content (AvgIpc) is 2.87. The highest BCUT2D eigenvalue weighted by Crippen LogP contribution is 2.36. The van der Waals surface area contributed by atoms with Crippen molar-refractivity contribution in [3.63, 3.8) is 0 Å². The first-order chi connectivity index (χ1) is 11.4. The molecule has 0 saturated carbocycles. The lowest BCUT2D eigenvalue weighted by atomic mass is 9.91. The molecule has 0 spiro atoms. The van der Waals surface area contributed by atoms with E-state index in [9.17, 15) is 9.59 Å². The van der Waals surface area contributed by atoms with Crippen LogP contribution in [0.4, 0.5) is 4.79 Å². The molecule has 1 unspecified atom stereocenters. The van der Waals surface area contributed by atoms with E-state index in [-0.39, 0.29) is 18.0 Å². The van der Waals surface area contributed by atoms with Gasteiger partial charge in [0.15, 0.2) is 0 Å². The molecular formula is C19H25N3O2. The van der Waals surface area contributed by atoms with Crippen LogP contribution in [0.2, 0.25) is 0 Å². The Kier molecular flexibility index (Phi) is 4.35. The van der Waals surface area contributed by atoms with Gasteiger partial charge in [-0.25, -0.2) is 4.79 Å². The molecule has 2 aliphatic rings. The molecule has 1 aromatic rings. The zero-order valence-corrected chi connectivity index (χ0v) is 14.8. The van der Waals surface area contributed by atoms with Crippen molar-refractivity contribution in [1.82, 2.24) is 15.1 Å². The number of carbonyl (C=O) groups is 2. The summed E-state index contributed by atoms with van der Waals surface area (Å²) in [6.45, 7) is 7.45. The fraction of sp³-hybridized carbons (Fsp3) is 0.474. The number of amides is 3. The second-order valence-electron chi connectivity index (χ2n) is 6.74. The lowest BCUT2D eigenvalue weighted by Crippen LogP contribution is -2.45. The predicted octanol–water partition coefficient (Wildman–Crippen LogP) is 2.90. The van der Waals surface area contributed by atoms with Gasteiger partial charge in [0.2, 0.25) is 0 Å². The maximum atomic E-state index is 12.9. The highest BCUT2D eigenvalue weighted by molar-refractivity contribution is 6.01. The van der Waals surface area contributed by atoms with Crippen molar-refractivity contribution in [2.45, 2.75) is 39.7 Å². The molecule has 1 aromatic carbocycles. The number of urea groups is 1. The van der Waals surface area contributed by atoms with Crippen LogP contribution in [0.1, 0.15) is 42.5 Å². The van der Waals surface area contributed by atoms with E-state index in [1.807, 2.05) is 30.9 Å². The molecule has 5 nitrogen and oxygen atoms in total. The number of likely N-dealkylation sites (N-methyl/N-ethyl adjacent to an activating group) is 1. The van der Waals surface area contributed by atoms with Crippen molar-refractivity contribution < 1.29 is 9.59 Å². The normalized spacial score (nSPS) is 20.6. The largest absolute Gasteiger partial charge is 0.333 e. The van der Waals surface area contributed by atoms with E-state index in [0.717, 1.165) is 41.8 Å². The Bertz CT molecular complexity index is 723. The summed E-state index contributed by atoms with van der Waals surface area (Å²) in [5.41, 5.74) is 4.83. The van der Waals surface area contributed by atoms with Crippen molar-refractivity contribution in [1.29, 1.82) is 0 Å². The quantitative estimate of drug-likeness (QED) is 0.924. The van der Waals surface area contributed by atoms with Crippen molar-refractivity contribution in [3.05, 3.63) is 46.2 Å². The molecule has 0 fully saturated rings. The minimum atomic E-state index is -0.358. The van der Waals surface area contributed by atoms with Crippen LogP contribution in [0, 0.1) is 13.8 Å². The Morgan fingerprint density at radius 1 is 1.25 bits per heavy atom. The Hall–Kier alpha value is -2.30. The maximum Gasteiger partial charge on any atom is 0.322 e. The molecule has 0 radical (unpaired) electrons. The number of hydrogen-bond donors (Lipinski definition) is 1. The van der Waals surface area contributed by atoms with Crippen LogP contribution < -0.4 is 5.32 Å². The topological polar surface area (TPSA) is 52.7 Å². The number of carbonyl (C=O) groups excluding carboxylic acids is 2. The SMILES string of the molecule is CCCCN1CC2=C(C1=O)C(c1ccc(C)cc1C)NC(=O)N2C. The number of nitrogens with one attached hydrogen (secondary N) is 1. The molecule has 5 heteroatoms. The highest BCUT2D eigenvalue weighted by Gasteiger charge is 2.42. The van der Waals surface area contributed by atoms with E-state index in [1.165, 1.54) is 5.56 Å². The molecule has 0 aliphatic carbocycles. The summed E-state index contributed by atoms with van der Waals surface area (Å²) in [5.74, 6) is 0.0512. The van der Waals surface area contributed by atoms with Crippen molar-refractivity contribution in [3.8, 4) is 0 Å². The Balaban J connectivity index is 2.01. The molecule has 0 saturated heterocycles. The molecular weight excluding hydrogens is 302 g/mol. The van der Waals surface area contributed by atoms with Crippen LogP contribution in [0.5, 0.6) is 0 Å². The molecule has 0 bridgehead atoms. The zero-order valence-electron chi connectivity index (χ0n) is 14.8. The first-order valence-corrected chi connectivity index (χ1v) is 8.57. The maximum absolute atomic E-state index is 12.9. The molecule has 3 rings (SSSR count). The van der Waals surface area contributed by atoms with E-state index in [2.05, 4.69) is 18.3 Å². The summed E-state index contributed by atoms with van der Waals surface area (Å²) in [7, 11) is 1.74. The summed E-state index contributed by atoms with van der Waals surface area (Å²) in [6, 6.07) is 5.63. The van der Waals surface area contributed by atoms with E-state index < -0.39 is 0 Å². The van der Waals surface area contributed by atoms with Crippen LogP contribution in [0.25, 0.3) is 0 Å². The summed E-state index contributed by atoms with van der Waals surface area (Å²) in [4.78, 5) is 28.8. The first-order valence-electron chi connectivity index (χ1n) is 8.57. The van der Waals surface area contributed by atoms with Crippen LogP contribution >= 0.6 is 0 Å². The zero-order chi connectivity index (χ0) is 17.4. The van der Waals surface area contributed by atoms with Gasteiger partial charge < -0.3 is 10.2 Å². The number of unbranched alkanes of at least 4 members (excludes halogenated alkanes) is 1. The molecule has 3 amide bonds. The third-order valence-corrected chi connectivity index (χ3v) is 4.95. The van der Waals surface area contributed by atoms with Crippen molar-refractivity contribution in [2.75, 3.05) is 20.1 Å². The Morgan fingerprint density at radius 2 is 2.00 bits per heavy atom. The molecule has 24 heavy (non-hydrogen) atoms. The van der Waals surface area contributed by atoms with Gasteiger partial charge in [-0.2, -0.15) is 0 Å². The van der Waals surface area contributed by atoms with E-state index in [0.29, 0.717) is 6.54 Å². The minimum Gasteiger partial charge on any atom is -0.333 e. The molecule has 2 aliphatic heterocycles. The van der Waals surface area contributed by atoms with E-state index in [4.69, 9.17) is 0 Å². The van der Waals surface area contributed by atoms with Gasteiger partial charge in [0.1, 0.15) is 0 Å². The Morgan fingerprint density at radius 3 is 2.67 bits per heavy atom. The minimum absolute atomic E-state index is 0.0512. The van der Waals surface area contributed by atoms with Crippen LogP contribution in [0.3, 0.4) is 0 Å². The van der Waals surface area contributed by atoms with Crippen molar-refractivity contribution in [2.24, 2.45) is 0 Å². The number of nitrogens with zero attached hydrogens (tertiary/aromatic N) is 2. The van der Waals surface area contributed by atoms with Gasteiger partial charge in [0, 0.05) is 13.6 Å². The van der Waals surface area contributed by atoms with Gasteiger partial charge in [0.25, 0.3) is 5.91 Å². The van der Waals surface area contributed by atoms with Crippen LogP contribution in [-0.4, -0.2) is 41.9 Å². The fourth-order valence-corrected chi connectivity index (χ4v) is 3.54. The molecule has 128 valence electrons. The monoisotopic (exact) mass is 327 g/mol. The first kappa shape index (κ1) is 16.6. The fourth-order valence-electron chi connectivity index (χ4n) is 3.54. The van der Waals surface area contributed by atoms with Crippen molar-refractivity contribution >= 4 is 11.9 Å². The molecule has 0 aromatic heterocycles. The standard InChI is InChI=1S/C19H25N3O2/c1-5-6-9-22-11-15-16(18(22)23)17(20-19(24)21(15)4)14-8-7-12(2)10-13(14)3/h7-8,10,17H,5-6,9,11H2,1-4H3,(H,20,24). The average molecular weight is 327 g/mol. The van der Waals surface area contributed by atoms with Crippen LogP contribution in [-0.2, 0) is 4.79 Å². The Labute approximate surface area is 143 Å². The highest BCUT2D eigenvalue weighted by atomic mass is 16.2. The molecule has 1 atom stereocenters. The third kappa shape index (κ3) is 2.68. The van der Waals surface area contributed by atoms with Gasteiger partial charge in [-0.3, -0.25) is 9.69 Å². The number of aryl methyl sites for hydroxylation is 2. The molecule has 1 N–H and O–H groups in total. The summed E-state index contributed by atoms with van der Waals surface area (Å²) < 4.78 is 0. The van der Waals surface area contributed by atoms with E-state index in [1.54, 1.807) is 11.9 Å².